The molecular weight excluding hydrogens is 416 g/mol. The summed E-state index contributed by atoms with van der Waals surface area (Å²) in [5.74, 6) is -0.0797. The molecule has 2 amide bonds. The molecule has 1 fully saturated rings. The molecule has 3 aromatic rings. The fourth-order valence-electron chi connectivity index (χ4n) is 3.99. The SMILES string of the molecule is CCCNC(=O)CN1CCC(NC(=O)c2cn(-c3ccccc3)nc2-c2cccnc2)CC1. The average Bonchev–Trinajstić information content (AvgIpc) is 3.31. The Kier molecular flexibility index (Phi) is 7.47. The van der Waals surface area contributed by atoms with E-state index < -0.39 is 0 Å². The zero-order valence-corrected chi connectivity index (χ0v) is 18.9. The van der Waals surface area contributed by atoms with Gasteiger partial charge in [0, 0.05) is 49.8 Å². The summed E-state index contributed by atoms with van der Waals surface area (Å²) in [6, 6.07) is 13.5. The lowest BCUT2D eigenvalue weighted by atomic mass is 10.0. The first-order valence-electron chi connectivity index (χ1n) is 11.5. The first-order chi connectivity index (χ1) is 16.1. The molecule has 8 heteroatoms. The zero-order chi connectivity index (χ0) is 23.0. The van der Waals surface area contributed by atoms with Crippen molar-refractivity contribution in [3.05, 3.63) is 66.6 Å². The van der Waals surface area contributed by atoms with Crippen LogP contribution in [0.1, 0.15) is 36.5 Å². The van der Waals surface area contributed by atoms with Crippen LogP contribution >= 0.6 is 0 Å². The number of hydrogen-bond donors (Lipinski definition) is 2. The Morgan fingerprint density at radius 2 is 1.88 bits per heavy atom. The summed E-state index contributed by atoms with van der Waals surface area (Å²) >= 11 is 0. The topological polar surface area (TPSA) is 92.2 Å². The smallest absolute Gasteiger partial charge is 0.255 e. The van der Waals surface area contributed by atoms with Crippen LogP contribution < -0.4 is 10.6 Å². The summed E-state index contributed by atoms with van der Waals surface area (Å²) in [5, 5.41) is 10.8. The van der Waals surface area contributed by atoms with Gasteiger partial charge in [0.05, 0.1) is 17.8 Å². The molecule has 0 saturated carbocycles. The number of para-hydroxylation sites is 1. The minimum absolute atomic E-state index is 0.0637. The molecule has 3 heterocycles. The Bertz CT molecular complexity index is 1060. The lowest BCUT2D eigenvalue weighted by Crippen LogP contribution is -2.47. The number of likely N-dealkylation sites (tertiary alicyclic amines) is 1. The van der Waals surface area contributed by atoms with Crippen LogP contribution in [0.4, 0.5) is 0 Å². The van der Waals surface area contributed by atoms with E-state index in [0.717, 1.165) is 43.6 Å². The third-order valence-corrected chi connectivity index (χ3v) is 5.78. The third kappa shape index (κ3) is 5.84. The Balaban J connectivity index is 1.44. The molecule has 0 aliphatic carbocycles. The van der Waals surface area contributed by atoms with Crippen molar-refractivity contribution in [2.24, 2.45) is 0 Å². The first-order valence-corrected chi connectivity index (χ1v) is 11.5. The van der Waals surface area contributed by atoms with Gasteiger partial charge in [0.25, 0.3) is 5.91 Å². The van der Waals surface area contributed by atoms with Gasteiger partial charge in [-0.25, -0.2) is 4.68 Å². The molecule has 0 radical (unpaired) electrons. The highest BCUT2D eigenvalue weighted by Crippen LogP contribution is 2.23. The molecule has 1 aliphatic rings. The molecule has 2 N–H and O–H groups in total. The quantitative estimate of drug-likeness (QED) is 0.555. The van der Waals surface area contributed by atoms with Crippen LogP contribution in [0.25, 0.3) is 16.9 Å². The predicted octanol–water partition coefficient (Wildman–Crippen LogP) is 2.65. The number of hydrogen-bond acceptors (Lipinski definition) is 5. The maximum Gasteiger partial charge on any atom is 0.255 e. The van der Waals surface area contributed by atoms with Gasteiger partial charge in [-0.15, -0.1) is 0 Å². The summed E-state index contributed by atoms with van der Waals surface area (Å²) in [7, 11) is 0. The molecule has 1 saturated heterocycles. The van der Waals surface area contributed by atoms with Crippen LogP contribution in [0.3, 0.4) is 0 Å². The van der Waals surface area contributed by atoms with E-state index in [1.807, 2.05) is 49.4 Å². The molecule has 0 atom stereocenters. The average molecular weight is 447 g/mol. The van der Waals surface area contributed by atoms with Crippen molar-refractivity contribution in [2.75, 3.05) is 26.2 Å². The van der Waals surface area contributed by atoms with Crippen LogP contribution in [0.15, 0.2) is 61.1 Å². The second-order valence-corrected chi connectivity index (χ2v) is 8.29. The first kappa shape index (κ1) is 22.7. The molecule has 4 rings (SSSR count). The normalized spacial score (nSPS) is 14.7. The summed E-state index contributed by atoms with van der Waals surface area (Å²) in [6.45, 7) is 4.72. The van der Waals surface area contributed by atoms with Crippen LogP contribution in [-0.2, 0) is 4.79 Å². The fourth-order valence-corrected chi connectivity index (χ4v) is 3.99. The number of carbonyl (C=O) groups excluding carboxylic acids is 2. The summed E-state index contributed by atoms with van der Waals surface area (Å²) < 4.78 is 1.73. The standard InChI is InChI=1S/C25H30N6O2/c1-2-12-27-23(32)18-30-14-10-20(11-15-30)28-25(33)22-17-31(21-8-4-3-5-9-21)29-24(22)19-7-6-13-26-16-19/h3-9,13,16-17,20H,2,10-12,14-15,18H2,1H3,(H,27,32)(H,28,33). The predicted molar refractivity (Wildman–Crippen MR) is 127 cm³/mol. The Hall–Kier alpha value is -3.52. The second-order valence-electron chi connectivity index (χ2n) is 8.29. The van der Waals surface area contributed by atoms with Gasteiger partial charge in [-0.3, -0.25) is 19.5 Å². The monoisotopic (exact) mass is 446 g/mol. The number of nitrogens with zero attached hydrogens (tertiary/aromatic N) is 4. The van der Waals surface area contributed by atoms with E-state index in [1.54, 1.807) is 23.3 Å². The summed E-state index contributed by atoms with van der Waals surface area (Å²) in [5.41, 5.74) is 2.81. The van der Waals surface area contributed by atoms with Gasteiger partial charge in [-0.2, -0.15) is 5.10 Å². The minimum atomic E-state index is -0.143. The highest BCUT2D eigenvalue weighted by atomic mass is 16.2. The van der Waals surface area contributed by atoms with Crippen molar-refractivity contribution in [2.45, 2.75) is 32.2 Å². The highest BCUT2D eigenvalue weighted by molar-refractivity contribution is 6.00. The van der Waals surface area contributed by atoms with Crippen molar-refractivity contribution >= 4 is 11.8 Å². The van der Waals surface area contributed by atoms with Gasteiger partial charge >= 0.3 is 0 Å². The molecule has 0 bridgehead atoms. The largest absolute Gasteiger partial charge is 0.355 e. The van der Waals surface area contributed by atoms with Gasteiger partial charge < -0.3 is 10.6 Å². The van der Waals surface area contributed by atoms with Crippen molar-refractivity contribution in [1.29, 1.82) is 0 Å². The van der Waals surface area contributed by atoms with Gasteiger partial charge in [-0.1, -0.05) is 25.1 Å². The fraction of sp³-hybridized carbons (Fsp3) is 0.360. The molecule has 8 nitrogen and oxygen atoms in total. The van der Waals surface area contributed by atoms with E-state index in [0.29, 0.717) is 24.3 Å². The van der Waals surface area contributed by atoms with E-state index in [-0.39, 0.29) is 17.9 Å². The lowest BCUT2D eigenvalue weighted by molar-refractivity contribution is -0.122. The van der Waals surface area contributed by atoms with Crippen molar-refractivity contribution < 1.29 is 9.59 Å². The minimum Gasteiger partial charge on any atom is -0.355 e. The van der Waals surface area contributed by atoms with Crippen molar-refractivity contribution in [3.63, 3.8) is 0 Å². The van der Waals surface area contributed by atoms with Gasteiger partial charge in [0.1, 0.15) is 5.69 Å². The summed E-state index contributed by atoms with van der Waals surface area (Å²) in [6.07, 6.45) is 7.75. The number of aromatic nitrogens is 3. The number of pyridine rings is 1. The third-order valence-electron chi connectivity index (χ3n) is 5.78. The number of benzene rings is 1. The number of amides is 2. The summed E-state index contributed by atoms with van der Waals surface area (Å²) in [4.78, 5) is 31.6. The molecule has 1 aliphatic heterocycles. The molecule has 0 unspecified atom stereocenters. The van der Waals surface area contributed by atoms with E-state index in [9.17, 15) is 9.59 Å². The van der Waals surface area contributed by atoms with Gasteiger partial charge in [0.2, 0.25) is 5.91 Å². The molecule has 1 aromatic carbocycles. The molecule has 33 heavy (non-hydrogen) atoms. The van der Waals surface area contributed by atoms with Crippen LogP contribution in [0.5, 0.6) is 0 Å². The highest BCUT2D eigenvalue weighted by Gasteiger charge is 2.25. The Morgan fingerprint density at radius 1 is 1.09 bits per heavy atom. The van der Waals surface area contributed by atoms with Gasteiger partial charge in [0.15, 0.2) is 0 Å². The zero-order valence-electron chi connectivity index (χ0n) is 18.9. The number of rotatable bonds is 8. The Labute approximate surface area is 194 Å². The van der Waals surface area contributed by atoms with E-state index in [2.05, 4.69) is 20.5 Å². The van der Waals surface area contributed by atoms with Crippen molar-refractivity contribution in [3.8, 4) is 16.9 Å². The lowest BCUT2D eigenvalue weighted by Gasteiger charge is -2.31. The van der Waals surface area contributed by atoms with E-state index in [4.69, 9.17) is 5.10 Å². The van der Waals surface area contributed by atoms with Crippen LogP contribution in [-0.4, -0.2) is 63.7 Å². The second kappa shape index (κ2) is 10.9. The van der Waals surface area contributed by atoms with E-state index in [1.165, 1.54) is 0 Å². The van der Waals surface area contributed by atoms with Crippen molar-refractivity contribution in [1.82, 2.24) is 30.3 Å². The van der Waals surface area contributed by atoms with E-state index >= 15 is 0 Å². The van der Waals surface area contributed by atoms with Crippen LogP contribution in [0.2, 0.25) is 0 Å². The molecular formula is C25H30N6O2. The molecule has 0 spiro atoms. The molecule has 2 aromatic heterocycles. The maximum atomic E-state index is 13.3. The number of piperidine rings is 1. The Morgan fingerprint density at radius 3 is 2.58 bits per heavy atom. The maximum absolute atomic E-state index is 13.3. The number of carbonyl (C=O) groups is 2. The molecule has 172 valence electrons. The van der Waals surface area contributed by atoms with Gasteiger partial charge in [-0.05, 0) is 43.5 Å². The van der Waals surface area contributed by atoms with Crippen LogP contribution in [0, 0.1) is 0 Å². The number of nitrogens with one attached hydrogen (secondary N) is 2.